The van der Waals surface area contributed by atoms with Crippen molar-refractivity contribution in [2.45, 2.75) is 44.6 Å². The van der Waals surface area contributed by atoms with E-state index in [1.807, 2.05) is 18.2 Å². The van der Waals surface area contributed by atoms with Gasteiger partial charge < -0.3 is 11.1 Å². The smallest absolute Gasteiger partial charge is 0.281 e. The van der Waals surface area contributed by atoms with Gasteiger partial charge in [-0.25, -0.2) is 18.2 Å². The molecule has 168 valence electrons. The minimum atomic E-state index is -2.57. The third kappa shape index (κ3) is 4.66. The first-order valence-electron chi connectivity index (χ1n) is 10.8. The second kappa shape index (κ2) is 9.51. The van der Waals surface area contributed by atoms with Crippen molar-refractivity contribution in [2.24, 2.45) is 11.7 Å². The number of nitrogens with one attached hydrogen (secondary N) is 1. The van der Waals surface area contributed by atoms with Gasteiger partial charge in [0.2, 0.25) is 0 Å². The second-order valence-electron chi connectivity index (χ2n) is 8.27. The van der Waals surface area contributed by atoms with E-state index < -0.39 is 6.43 Å². The molecule has 0 unspecified atom stereocenters. The molecule has 7 heteroatoms. The second-order valence-corrected chi connectivity index (χ2v) is 8.27. The minimum absolute atomic E-state index is 0.183. The van der Waals surface area contributed by atoms with Gasteiger partial charge in [0.05, 0.1) is 0 Å². The molecule has 2 aromatic heterocycles. The van der Waals surface area contributed by atoms with Crippen LogP contribution in [0.25, 0.3) is 11.7 Å². The van der Waals surface area contributed by atoms with Crippen LogP contribution in [-0.4, -0.2) is 15.4 Å². The van der Waals surface area contributed by atoms with Crippen LogP contribution in [0.4, 0.5) is 19.0 Å². The minimum Gasteiger partial charge on any atom is -0.405 e. The highest BCUT2D eigenvalue weighted by atomic mass is 19.3. The van der Waals surface area contributed by atoms with Gasteiger partial charge in [0.25, 0.3) is 6.43 Å². The molecule has 0 bridgehead atoms. The summed E-state index contributed by atoms with van der Waals surface area (Å²) in [5.74, 6) is 1.14. The molecule has 0 saturated heterocycles. The zero-order valence-corrected chi connectivity index (χ0v) is 17.8. The van der Waals surface area contributed by atoms with Gasteiger partial charge in [-0.1, -0.05) is 30.4 Å². The lowest BCUT2D eigenvalue weighted by molar-refractivity contribution is 0.147. The summed E-state index contributed by atoms with van der Waals surface area (Å²) in [4.78, 5) is 4.00. The van der Waals surface area contributed by atoms with Crippen molar-refractivity contribution >= 4 is 17.5 Å². The Hall–Kier alpha value is -3.22. The monoisotopic (exact) mass is 440 g/mol. The molecule has 32 heavy (non-hydrogen) atoms. The molecule has 4 nitrogen and oxygen atoms in total. The highest BCUT2D eigenvalue weighted by Crippen LogP contribution is 2.38. The Bertz CT molecular complexity index is 1130. The fourth-order valence-corrected chi connectivity index (χ4v) is 4.66. The van der Waals surface area contributed by atoms with E-state index in [-0.39, 0.29) is 11.5 Å². The van der Waals surface area contributed by atoms with E-state index in [1.165, 1.54) is 29.6 Å². The quantitative estimate of drug-likeness (QED) is 0.515. The van der Waals surface area contributed by atoms with Crippen molar-refractivity contribution in [3.05, 3.63) is 83.6 Å². The molecule has 0 atom stereocenters. The van der Waals surface area contributed by atoms with Crippen LogP contribution in [0.15, 0.2) is 60.9 Å². The fourth-order valence-electron chi connectivity index (χ4n) is 4.66. The Morgan fingerprint density at radius 3 is 2.62 bits per heavy atom. The van der Waals surface area contributed by atoms with E-state index in [2.05, 4.69) is 28.7 Å². The lowest BCUT2D eigenvalue weighted by Gasteiger charge is -2.30. The molecule has 0 spiro atoms. The summed E-state index contributed by atoms with van der Waals surface area (Å²) in [7, 11) is 0. The van der Waals surface area contributed by atoms with E-state index in [0.717, 1.165) is 43.5 Å². The van der Waals surface area contributed by atoms with Crippen molar-refractivity contribution in [3.8, 4) is 0 Å². The Labute approximate surface area is 185 Å². The molecule has 0 radical (unpaired) electrons. The van der Waals surface area contributed by atoms with Crippen LogP contribution in [-0.2, 0) is 6.42 Å². The number of nitrogens with zero attached hydrogens (tertiary/aromatic N) is 2. The number of hydrogen-bond donors (Lipinski definition) is 2. The molecular formula is C25H27F3N4. The number of hydrogen-bond acceptors (Lipinski definition) is 3. The molecule has 2 heterocycles. The number of fused-ring (bicyclic) bond motifs is 2. The van der Waals surface area contributed by atoms with Crippen LogP contribution in [0.5, 0.6) is 0 Å². The van der Waals surface area contributed by atoms with Crippen LogP contribution in [0, 0.1) is 11.7 Å². The predicted octanol–water partition coefficient (Wildman–Crippen LogP) is 6.11. The number of anilines is 1. The summed E-state index contributed by atoms with van der Waals surface area (Å²) in [6, 6.07) is 10.8. The highest BCUT2D eigenvalue weighted by Gasteiger charge is 2.27. The summed E-state index contributed by atoms with van der Waals surface area (Å²) < 4.78 is 41.1. The highest BCUT2D eigenvalue weighted by molar-refractivity contribution is 5.64. The van der Waals surface area contributed by atoms with Gasteiger partial charge in [0, 0.05) is 12.2 Å². The van der Waals surface area contributed by atoms with Crippen LogP contribution in [0.2, 0.25) is 0 Å². The topological polar surface area (TPSA) is 55.3 Å². The molecule has 3 N–H and O–H groups in total. The third-order valence-electron chi connectivity index (χ3n) is 6.18. The zero-order chi connectivity index (χ0) is 22.7. The first-order valence-corrected chi connectivity index (χ1v) is 10.8. The lowest BCUT2D eigenvalue weighted by atomic mass is 9.81. The average molecular weight is 441 g/mol. The SMILES string of the molecule is C=CN.Fc1ccc2c(c1)C=C(C1CCC(Nc3cccc4nc(C(F)F)cn34)CC1)C2. The van der Waals surface area contributed by atoms with Crippen molar-refractivity contribution in [3.63, 3.8) is 0 Å². The van der Waals surface area contributed by atoms with E-state index in [4.69, 9.17) is 0 Å². The Kier molecular flexibility index (Phi) is 6.53. The summed E-state index contributed by atoms with van der Waals surface area (Å²) in [5, 5.41) is 3.52. The van der Waals surface area contributed by atoms with E-state index >= 15 is 0 Å². The maximum atomic E-state index is 13.5. The van der Waals surface area contributed by atoms with Crippen LogP contribution in [0.3, 0.4) is 0 Å². The van der Waals surface area contributed by atoms with Gasteiger partial charge in [0.1, 0.15) is 23.0 Å². The molecule has 2 aliphatic carbocycles. The Morgan fingerprint density at radius 1 is 1.16 bits per heavy atom. The lowest BCUT2D eigenvalue weighted by Crippen LogP contribution is -2.27. The molecular weight excluding hydrogens is 413 g/mol. The molecule has 3 aromatic rings. The number of halogens is 3. The van der Waals surface area contributed by atoms with E-state index in [9.17, 15) is 13.2 Å². The van der Waals surface area contributed by atoms with E-state index in [1.54, 1.807) is 16.5 Å². The van der Waals surface area contributed by atoms with Gasteiger partial charge >= 0.3 is 0 Å². The summed E-state index contributed by atoms with van der Waals surface area (Å²) in [6.07, 6.45) is 7.34. The van der Waals surface area contributed by atoms with Gasteiger partial charge in [-0.2, -0.15) is 0 Å². The average Bonchev–Trinajstić information content (AvgIpc) is 3.39. The number of aromatic nitrogens is 2. The number of alkyl halides is 2. The fraction of sp³-hybridized carbons (Fsp3) is 0.320. The number of pyridine rings is 1. The Balaban J connectivity index is 0.000000775. The summed E-state index contributed by atoms with van der Waals surface area (Å²) in [6.45, 7) is 3.14. The van der Waals surface area contributed by atoms with Crippen molar-refractivity contribution in [2.75, 3.05) is 5.32 Å². The number of nitrogens with two attached hydrogens (primary N) is 1. The van der Waals surface area contributed by atoms with E-state index in [0.29, 0.717) is 17.6 Å². The maximum absolute atomic E-state index is 13.5. The third-order valence-corrected chi connectivity index (χ3v) is 6.18. The predicted molar refractivity (Wildman–Crippen MR) is 122 cm³/mol. The molecule has 1 fully saturated rings. The normalized spacial score (nSPS) is 19.8. The molecule has 1 saturated carbocycles. The zero-order valence-electron chi connectivity index (χ0n) is 17.8. The Morgan fingerprint density at radius 2 is 1.91 bits per heavy atom. The standard InChI is InChI=1S/C23H22F3N3.C2H5N/c24-18-7-4-15-10-16(11-17(15)12-18)14-5-8-19(9-6-14)27-21-2-1-3-22-28-20(23(25)26)13-29(21)22;1-2-3/h1-4,7,11-14,19,23,27H,5-6,8-10H2;2H,1,3H2. The molecule has 1 aromatic carbocycles. The summed E-state index contributed by atoms with van der Waals surface area (Å²) >= 11 is 0. The molecule has 2 aliphatic rings. The van der Waals surface area contributed by atoms with Crippen molar-refractivity contribution in [1.29, 1.82) is 0 Å². The maximum Gasteiger partial charge on any atom is 0.281 e. The van der Waals surface area contributed by atoms with Crippen molar-refractivity contribution < 1.29 is 13.2 Å². The first-order chi connectivity index (χ1) is 15.5. The summed E-state index contributed by atoms with van der Waals surface area (Å²) in [5.41, 5.74) is 8.57. The number of imidazole rings is 1. The van der Waals surface area contributed by atoms with Crippen molar-refractivity contribution in [1.82, 2.24) is 9.38 Å². The number of benzene rings is 1. The van der Waals surface area contributed by atoms with Crippen LogP contribution < -0.4 is 11.1 Å². The van der Waals surface area contributed by atoms with Gasteiger partial charge in [0.15, 0.2) is 0 Å². The van der Waals surface area contributed by atoms with Gasteiger partial charge in [-0.05, 0) is 79.6 Å². The number of allylic oxidation sites excluding steroid dienone is 1. The van der Waals surface area contributed by atoms with Gasteiger partial charge in [-0.3, -0.25) is 4.40 Å². The van der Waals surface area contributed by atoms with Crippen LogP contribution in [0.1, 0.15) is 48.9 Å². The van der Waals surface area contributed by atoms with Gasteiger partial charge in [-0.15, -0.1) is 0 Å². The molecule has 0 amide bonds. The largest absolute Gasteiger partial charge is 0.405 e. The molecule has 5 rings (SSSR count). The van der Waals surface area contributed by atoms with Crippen LogP contribution >= 0.6 is 0 Å². The number of rotatable bonds is 4. The first kappa shape index (κ1) is 22.0. The molecule has 0 aliphatic heterocycles.